The van der Waals surface area contributed by atoms with Crippen LogP contribution in [0.15, 0.2) is 24.3 Å². The third-order valence-electron chi connectivity index (χ3n) is 4.72. The maximum Gasteiger partial charge on any atom is 0.0578 e. The third-order valence-corrected chi connectivity index (χ3v) is 4.72. The summed E-state index contributed by atoms with van der Waals surface area (Å²) in [6.07, 6.45) is 2.74. The molecule has 1 aromatic carbocycles. The van der Waals surface area contributed by atoms with Gasteiger partial charge in [-0.1, -0.05) is 12.1 Å². The lowest BCUT2D eigenvalue weighted by Gasteiger charge is -2.50. The standard InChI is InChI=1S/C14H19N3/c1-2-4-12-11(3-1)15-9-13-14(16-12)10-5-7-17(13)8-6-10/h1-4,10,13-16H,5-9H2. The number of anilines is 2. The van der Waals surface area contributed by atoms with Gasteiger partial charge in [-0.05, 0) is 44.0 Å². The number of rotatable bonds is 0. The molecule has 4 aliphatic heterocycles. The first-order chi connectivity index (χ1) is 8.42. The van der Waals surface area contributed by atoms with Gasteiger partial charge in [0.25, 0.3) is 0 Å². The topological polar surface area (TPSA) is 27.3 Å². The number of nitrogens with one attached hydrogen (secondary N) is 2. The summed E-state index contributed by atoms with van der Waals surface area (Å²) in [4.78, 5) is 2.66. The highest BCUT2D eigenvalue weighted by Gasteiger charge is 2.43. The molecule has 2 atom stereocenters. The first kappa shape index (κ1) is 9.77. The summed E-state index contributed by atoms with van der Waals surface area (Å²) >= 11 is 0. The molecule has 5 rings (SSSR count). The van der Waals surface area contributed by atoms with E-state index in [1.54, 1.807) is 0 Å². The molecule has 0 saturated carbocycles. The highest BCUT2D eigenvalue weighted by atomic mass is 15.3. The van der Waals surface area contributed by atoms with E-state index < -0.39 is 0 Å². The van der Waals surface area contributed by atoms with E-state index in [1.807, 2.05) is 0 Å². The molecule has 1 aromatic rings. The summed E-state index contributed by atoms with van der Waals surface area (Å²) in [6, 6.07) is 9.93. The maximum atomic E-state index is 3.79. The van der Waals surface area contributed by atoms with Gasteiger partial charge in [-0.25, -0.2) is 0 Å². The fourth-order valence-corrected chi connectivity index (χ4v) is 3.78. The Balaban J connectivity index is 1.70. The van der Waals surface area contributed by atoms with E-state index in [0.29, 0.717) is 12.1 Å². The second-order valence-electron chi connectivity index (χ2n) is 5.54. The average molecular weight is 229 g/mol. The fraction of sp³-hybridized carbons (Fsp3) is 0.571. The largest absolute Gasteiger partial charge is 0.382 e. The van der Waals surface area contributed by atoms with E-state index in [0.717, 1.165) is 12.5 Å². The normalized spacial score (nSPS) is 38.4. The van der Waals surface area contributed by atoms with E-state index in [-0.39, 0.29) is 0 Å². The summed E-state index contributed by atoms with van der Waals surface area (Å²) < 4.78 is 0. The molecule has 0 spiro atoms. The molecule has 3 saturated heterocycles. The van der Waals surface area contributed by atoms with Crippen molar-refractivity contribution in [2.24, 2.45) is 5.92 Å². The molecular weight excluding hydrogens is 210 g/mol. The maximum absolute atomic E-state index is 3.79. The van der Waals surface area contributed by atoms with Crippen molar-refractivity contribution in [3.8, 4) is 0 Å². The van der Waals surface area contributed by atoms with Crippen molar-refractivity contribution in [3.05, 3.63) is 24.3 Å². The van der Waals surface area contributed by atoms with Crippen LogP contribution in [0.4, 0.5) is 11.4 Å². The van der Waals surface area contributed by atoms with Crippen LogP contribution in [0, 0.1) is 5.92 Å². The molecule has 3 nitrogen and oxygen atoms in total. The van der Waals surface area contributed by atoms with Crippen molar-refractivity contribution < 1.29 is 0 Å². The zero-order valence-electron chi connectivity index (χ0n) is 10.0. The van der Waals surface area contributed by atoms with Gasteiger partial charge in [-0.2, -0.15) is 0 Å². The molecular formula is C14H19N3. The molecule has 2 unspecified atom stereocenters. The molecule has 2 N–H and O–H groups in total. The van der Waals surface area contributed by atoms with Crippen LogP contribution in [0.1, 0.15) is 12.8 Å². The quantitative estimate of drug-likeness (QED) is 0.712. The van der Waals surface area contributed by atoms with Gasteiger partial charge in [-0.15, -0.1) is 0 Å². The van der Waals surface area contributed by atoms with Crippen molar-refractivity contribution in [1.82, 2.24) is 4.90 Å². The van der Waals surface area contributed by atoms with E-state index in [9.17, 15) is 0 Å². The van der Waals surface area contributed by atoms with Crippen molar-refractivity contribution in [1.29, 1.82) is 0 Å². The van der Waals surface area contributed by atoms with Gasteiger partial charge in [0, 0.05) is 18.6 Å². The molecule has 0 radical (unpaired) electrons. The first-order valence-electron chi connectivity index (χ1n) is 6.75. The van der Waals surface area contributed by atoms with Crippen LogP contribution in [-0.2, 0) is 0 Å². The Kier molecular flexibility index (Phi) is 2.09. The van der Waals surface area contributed by atoms with Crippen LogP contribution in [0.2, 0.25) is 0 Å². The van der Waals surface area contributed by atoms with E-state index in [1.165, 1.54) is 37.3 Å². The number of hydrogen-bond donors (Lipinski definition) is 2. The number of para-hydroxylation sites is 2. The minimum absolute atomic E-state index is 0.647. The lowest BCUT2D eigenvalue weighted by atomic mass is 9.78. The predicted molar refractivity (Wildman–Crippen MR) is 70.4 cm³/mol. The molecule has 0 aliphatic carbocycles. The Morgan fingerprint density at radius 2 is 1.82 bits per heavy atom. The molecule has 17 heavy (non-hydrogen) atoms. The van der Waals surface area contributed by atoms with Crippen molar-refractivity contribution in [2.45, 2.75) is 24.9 Å². The van der Waals surface area contributed by atoms with Crippen LogP contribution in [0.3, 0.4) is 0 Å². The van der Waals surface area contributed by atoms with E-state index in [2.05, 4.69) is 39.8 Å². The van der Waals surface area contributed by atoms with Gasteiger partial charge >= 0.3 is 0 Å². The fourth-order valence-electron chi connectivity index (χ4n) is 3.78. The number of benzene rings is 1. The highest BCUT2D eigenvalue weighted by Crippen LogP contribution is 2.37. The van der Waals surface area contributed by atoms with Gasteiger partial charge in [0.05, 0.1) is 11.4 Å². The monoisotopic (exact) mass is 229 g/mol. The lowest BCUT2D eigenvalue weighted by molar-refractivity contribution is 0.0437. The second kappa shape index (κ2) is 3.64. The minimum Gasteiger partial charge on any atom is -0.382 e. The smallest absolute Gasteiger partial charge is 0.0578 e. The van der Waals surface area contributed by atoms with Crippen LogP contribution >= 0.6 is 0 Å². The average Bonchev–Trinajstić information content (AvgIpc) is 2.60. The molecule has 3 fully saturated rings. The summed E-state index contributed by atoms with van der Waals surface area (Å²) in [5.41, 5.74) is 2.55. The molecule has 0 aromatic heterocycles. The Labute approximate surface area is 102 Å². The summed E-state index contributed by atoms with van der Waals surface area (Å²) in [6.45, 7) is 3.68. The van der Waals surface area contributed by atoms with Crippen molar-refractivity contribution in [2.75, 3.05) is 30.3 Å². The summed E-state index contributed by atoms with van der Waals surface area (Å²) in [5.74, 6) is 0.873. The summed E-state index contributed by atoms with van der Waals surface area (Å²) in [7, 11) is 0. The van der Waals surface area contributed by atoms with Gasteiger partial charge in [-0.3, -0.25) is 4.90 Å². The van der Waals surface area contributed by atoms with Crippen LogP contribution in [-0.4, -0.2) is 36.6 Å². The van der Waals surface area contributed by atoms with E-state index >= 15 is 0 Å². The van der Waals surface area contributed by atoms with E-state index in [4.69, 9.17) is 0 Å². The number of fused-ring (bicyclic) bond motifs is 3. The molecule has 4 aliphatic rings. The number of hydrogen-bond acceptors (Lipinski definition) is 3. The summed E-state index contributed by atoms with van der Waals surface area (Å²) in [5, 5.41) is 7.39. The molecule has 0 amide bonds. The highest BCUT2D eigenvalue weighted by molar-refractivity contribution is 5.70. The first-order valence-corrected chi connectivity index (χ1v) is 6.75. The van der Waals surface area contributed by atoms with Crippen LogP contribution < -0.4 is 10.6 Å². The second-order valence-corrected chi connectivity index (χ2v) is 5.54. The molecule has 3 heteroatoms. The van der Waals surface area contributed by atoms with Crippen molar-refractivity contribution >= 4 is 11.4 Å². The Bertz CT molecular complexity index is 423. The lowest BCUT2D eigenvalue weighted by Crippen LogP contribution is -2.61. The zero-order chi connectivity index (χ0) is 11.2. The molecule has 4 heterocycles. The molecule has 2 bridgehead atoms. The number of nitrogens with zero attached hydrogens (tertiary/aromatic N) is 1. The third kappa shape index (κ3) is 1.45. The van der Waals surface area contributed by atoms with Crippen molar-refractivity contribution in [3.63, 3.8) is 0 Å². The van der Waals surface area contributed by atoms with Gasteiger partial charge in [0.2, 0.25) is 0 Å². The van der Waals surface area contributed by atoms with Gasteiger partial charge in [0.1, 0.15) is 0 Å². The Morgan fingerprint density at radius 1 is 1.06 bits per heavy atom. The predicted octanol–water partition coefficient (Wildman–Crippen LogP) is 1.99. The Hall–Kier alpha value is -1.22. The number of piperidine rings is 3. The minimum atomic E-state index is 0.647. The Morgan fingerprint density at radius 3 is 2.65 bits per heavy atom. The van der Waals surface area contributed by atoms with Gasteiger partial charge < -0.3 is 10.6 Å². The van der Waals surface area contributed by atoms with Gasteiger partial charge in [0.15, 0.2) is 0 Å². The molecule has 90 valence electrons. The van der Waals surface area contributed by atoms with Crippen LogP contribution in [0.25, 0.3) is 0 Å². The van der Waals surface area contributed by atoms with Crippen LogP contribution in [0.5, 0.6) is 0 Å². The zero-order valence-corrected chi connectivity index (χ0v) is 10.0. The SMILES string of the molecule is c1ccc2c(c1)NCC1C(N2)C2CCN1CC2.